The smallest absolute Gasteiger partial charge is 0.246 e. The molecule has 1 amide bonds. The van der Waals surface area contributed by atoms with Crippen LogP contribution in [0.1, 0.15) is 12.5 Å². The number of rotatable bonds is 6. The van der Waals surface area contributed by atoms with E-state index >= 15 is 0 Å². The zero-order chi connectivity index (χ0) is 19.5. The van der Waals surface area contributed by atoms with Gasteiger partial charge in [0, 0.05) is 18.7 Å². The molecule has 0 atom stereocenters. The Balaban J connectivity index is 1.44. The fourth-order valence-corrected chi connectivity index (χ4v) is 3.14. The number of halogens is 1. The van der Waals surface area contributed by atoms with Gasteiger partial charge >= 0.3 is 0 Å². The summed E-state index contributed by atoms with van der Waals surface area (Å²) in [6.07, 6.45) is 0. The third-order valence-corrected chi connectivity index (χ3v) is 4.72. The number of fused-ring (bicyclic) bond motifs is 1. The number of ether oxygens (including phenoxy) is 2. The van der Waals surface area contributed by atoms with Gasteiger partial charge in [-0.3, -0.25) is 4.79 Å². The fourth-order valence-electron chi connectivity index (χ4n) is 2.92. The molecule has 3 aromatic rings. The number of nitrogens with zero attached hydrogens (tertiary/aromatic N) is 5. The molecular formula is C19H18ClN5O3. The van der Waals surface area contributed by atoms with Gasteiger partial charge < -0.3 is 14.4 Å². The van der Waals surface area contributed by atoms with E-state index in [-0.39, 0.29) is 19.2 Å². The Morgan fingerprint density at radius 1 is 1.21 bits per heavy atom. The minimum absolute atomic E-state index is 0.00412. The molecule has 2 heterocycles. The van der Waals surface area contributed by atoms with Crippen molar-refractivity contribution in [2.45, 2.75) is 20.0 Å². The Morgan fingerprint density at radius 2 is 2.04 bits per heavy atom. The summed E-state index contributed by atoms with van der Waals surface area (Å²) in [5.41, 5.74) is 1.64. The van der Waals surface area contributed by atoms with E-state index in [1.54, 1.807) is 11.0 Å². The van der Waals surface area contributed by atoms with Crippen molar-refractivity contribution >= 4 is 17.5 Å². The maximum absolute atomic E-state index is 12.7. The zero-order valence-electron chi connectivity index (χ0n) is 15.2. The van der Waals surface area contributed by atoms with E-state index in [1.807, 2.05) is 43.3 Å². The average Bonchev–Trinajstić information content (AvgIpc) is 3.35. The van der Waals surface area contributed by atoms with Crippen molar-refractivity contribution in [1.82, 2.24) is 25.1 Å². The summed E-state index contributed by atoms with van der Waals surface area (Å²) in [6.45, 7) is 3.16. The number of tetrazole rings is 1. The average molecular weight is 400 g/mol. The van der Waals surface area contributed by atoms with E-state index in [0.29, 0.717) is 35.2 Å². The molecule has 1 aliphatic heterocycles. The van der Waals surface area contributed by atoms with Crippen LogP contribution in [0, 0.1) is 0 Å². The predicted molar refractivity (Wildman–Crippen MR) is 102 cm³/mol. The highest BCUT2D eigenvalue weighted by molar-refractivity contribution is 6.33. The SMILES string of the molecule is CCN(Cc1ccc2c(c1)OCO2)C(=O)Cn1nnc(-c2ccccc2Cl)n1. The van der Waals surface area contributed by atoms with Gasteiger partial charge in [-0.15, -0.1) is 10.2 Å². The molecule has 0 bridgehead atoms. The lowest BCUT2D eigenvalue weighted by atomic mass is 10.2. The van der Waals surface area contributed by atoms with Gasteiger partial charge in [0.15, 0.2) is 11.5 Å². The number of benzene rings is 2. The van der Waals surface area contributed by atoms with Gasteiger partial charge in [0.05, 0.1) is 5.02 Å². The highest BCUT2D eigenvalue weighted by Crippen LogP contribution is 2.32. The molecule has 144 valence electrons. The summed E-state index contributed by atoms with van der Waals surface area (Å²) < 4.78 is 10.7. The van der Waals surface area contributed by atoms with Crippen molar-refractivity contribution in [3.05, 3.63) is 53.1 Å². The molecule has 0 unspecified atom stereocenters. The van der Waals surface area contributed by atoms with Crippen LogP contribution in [0.3, 0.4) is 0 Å². The minimum atomic E-state index is -0.108. The first kappa shape index (κ1) is 18.2. The quantitative estimate of drug-likeness (QED) is 0.634. The lowest BCUT2D eigenvalue weighted by Gasteiger charge is -2.20. The van der Waals surface area contributed by atoms with Crippen molar-refractivity contribution in [3.63, 3.8) is 0 Å². The Hall–Kier alpha value is -3.13. The monoisotopic (exact) mass is 399 g/mol. The standard InChI is InChI=1S/C19H18ClN5O3/c1-2-24(10-13-7-8-16-17(9-13)28-12-27-16)18(26)11-25-22-19(21-23-25)14-5-3-4-6-15(14)20/h3-9H,2,10-12H2,1H3. The van der Waals surface area contributed by atoms with Crippen molar-refractivity contribution in [2.24, 2.45) is 0 Å². The van der Waals surface area contributed by atoms with Gasteiger partial charge in [-0.2, -0.15) is 4.80 Å². The number of hydrogen-bond donors (Lipinski definition) is 0. The van der Waals surface area contributed by atoms with Crippen LogP contribution in [0.25, 0.3) is 11.4 Å². The molecule has 0 spiro atoms. The highest BCUT2D eigenvalue weighted by atomic mass is 35.5. The molecule has 1 aromatic heterocycles. The van der Waals surface area contributed by atoms with Gasteiger partial charge in [0.1, 0.15) is 6.54 Å². The molecule has 8 nitrogen and oxygen atoms in total. The molecule has 2 aromatic carbocycles. The number of carbonyl (C=O) groups is 1. The lowest BCUT2D eigenvalue weighted by molar-refractivity contribution is -0.132. The van der Waals surface area contributed by atoms with Crippen LogP contribution >= 0.6 is 11.6 Å². The van der Waals surface area contributed by atoms with Gasteiger partial charge in [0.25, 0.3) is 0 Å². The van der Waals surface area contributed by atoms with Gasteiger partial charge in [-0.1, -0.05) is 29.8 Å². The van der Waals surface area contributed by atoms with Crippen LogP contribution in [0.15, 0.2) is 42.5 Å². The second kappa shape index (κ2) is 7.85. The summed E-state index contributed by atoms with van der Waals surface area (Å²) in [7, 11) is 0. The molecular weight excluding hydrogens is 382 g/mol. The van der Waals surface area contributed by atoms with Crippen molar-refractivity contribution in [2.75, 3.05) is 13.3 Å². The predicted octanol–water partition coefficient (Wildman–Crippen LogP) is 2.77. The topological polar surface area (TPSA) is 82.4 Å². The first-order valence-electron chi connectivity index (χ1n) is 8.83. The van der Waals surface area contributed by atoms with Gasteiger partial charge in [0.2, 0.25) is 18.5 Å². The summed E-state index contributed by atoms with van der Waals surface area (Å²) >= 11 is 6.17. The lowest BCUT2D eigenvalue weighted by Crippen LogP contribution is -2.33. The summed E-state index contributed by atoms with van der Waals surface area (Å²) in [6, 6.07) is 12.9. The fraction of sp³-hybridized carbons (Fsp3) is 0.263. The Morgan fingerprint density at radius 3 is 2.86 bits per heavy atom. The van der Waals surface area contributed by atoms with Gasteiger partial charge in [-0.25, -0.2) is 0 Å². The van der Waals surface area contributed by atoms with E-state index in [9.17, 15) is 4.79 Å². The highest BCUT2D eigenvalue weighted by Gasteiger charge is 2.18. The largest absolute Gasteiger partial charge is 0.454 e. The molecule has 4 rings (SSSR count). The van der Waals surface area contributed by atoms with Crippen LogP contribution in [-0.4, -0.2) is 44.4 Å². The summed E-state index contributed by atoms with van der Waals surface area (Å²) in [5.74, 6) is 1.70. The van der Waals surface area contributed by atoms with Crippen LogP contribution in [0.5, 0.6) is 11.5 Å². The van der Waals surface area contributed by atoms with Crippen LogP contribution < -0.4 is 9.47 Å². The third kappa shape index (κ3) is 3.77. The van der Waals surface area contributed by atoms with Crippen LogP contribution in [-0.2, 0) is 17.9 Å². The number of aromatic nitrogens is 4. The van der Waals surface area contributed by atoms with Crippen molar-refractivity contribution in [3.8, 4) is 22.9 Å². The normalized spacial score (nSPS) is 12.2. The number of likely N-dealkylation sites (N-methyl/N-ethyl adjacent to an activating group) is 1. The molecule has 0 aliphatic carbocycles. The molecule has 0 fully saturated rings. The summed E-state index contributed by atoms with van der Waals surface area (Å²) in [4.78, 5) is 15.7. The maximum Gasteiger partial charge on any atom is 0.246 e. The minimum Gasteiger partial charge on any atom is -0.454 e. The van der Waals surface area contributed by atoms with Crippen LogP contribution in [0.4, 0.5) is 0 Å². The molecule has 1 aliphatic rings. The summed E-state index contributed by atoms with van der Waals surface area (Å²) in [5, 5.41) is 12.8. The van der Waals surface area contributed by atoms with Gasteiger partial charge in [-0.05, 0) is 42.0 Å². The molecule has 0 saturated heterocycles. The Labute approximate surface area is 166 Å². The van der Waals surface area contributed by atoms with Crippen molar-refractivity contribution < 1.29 is 14.3 Å². The third-order valence-electron chi connectivity index (χ3n) is 4.39. The Bertz CT molecular complexity index is 1010. The maximum atomic E-state index is 12.7. The van der Waals surface area contributed by atoms with E-state index in [4.69, 9.17) is 21.1 Å². The number of hydrogen-bond acceptors (Lipinski definition) is 6. The van der Waals surface area contributed by atoms with E-state index in [0.717, 1.165) is 11.3 Å². The zero-order valence-corrected chi connectivity index (χ0v) is 16.0. The van der Waals surface area contributed by atoms with E-state index in [1.165, 1.54) is 4.80 Å². The first-order valence-corrected chi connectivity index (χ1v) is 9.21. The van der Waals surface area contributed by atoms with Crippen LogP contribution in [0.2, 0.25) is 5.02 Å². The van der Waals surface area contributed by atoms with Crippen molar-refractivity contribution in [1.29, 1.82) is 0 Å². The number of carbonyl (C=O) groups excluding carboxylic acids is 1. The molecule has 28 heavy (non-hydrogen) atoms. The molecule has 0 radical (unpaired) electrons. The molecule has 0 saturated carbocycles. The van der Waals surface area contributed by atoms with E-state index in [2.05, 4.69) is 15.4 Å². The second-order valence-corrected chi connectivity index (χ2v) is 6.63. The first-order chi connectivity index (χ1) is 13.6. The molecule has 0 N–H and O–H groups in total. The second-order valence-electron chi connectivity index (χ2n) is 6.22. The van der Waals surface area contributed by atoms with E-state index < -0.39 is 0 Å². The Kier molecular flexibility index (Phi) is 5.12. The molecule has 9 heteroatoms. The number of amides is 1.